The number of ether oxygens (including phenoxy) is 2. The lowest BCUT2D eigenvalue weighted by Crippen LogP contribution is -2.18. The first-order valence-electron chi connectivity index (χ1n) is 12.6. The van der Waals surface area contributed by atoms with Crippen LogP contribution in [0, 0.1) is 11.8 Å². The summed E-state index contributed by atoms with van der Waals surface area (Å²) in [5, 5.41) is 0. The van der Waals surface area contributed by atoms with Crippen molar-refractivity contribution < 1.29 is 19.1 Å². The number of benzene rings is 1. The molecule has 0 aliphatic heterocycles. The van der Waals surface area contributed by atoms with Gasteiger partial charge in [-0.2, -0.15) is 0 Å². The van der Waals surface area contributed by atoms with Gasteiger partial charge in [-0.05, 0) is 29.8 Å². The highest BCUT2D eigenvalue weighted by Gasteiger charge is 2.24. The Morgan fingerprint density at radius 1 is 0.579 bits per heavy atom. The Morgan fingerprint density at radius 3 is 1.55 bits per heavy atom. The zero-order valence-electron chi connectivity index (χ0n) is 21.9. The molecular weight excluding hydrogens is 478 g/mol. The third kappa shape index (κ3) is 6.48. The number of hydrogen-bond donors (Lipinski definition) is 0. The Hall–Kier alpha value is -4.39. The van der Waals surface area contributed by atoms with Gasteiger partial charge in [0, 0.05) is 29.7 Å². The quantitative estimate of drug-likeness (QED) is 0.251. The number of pyridine rings is 3. The molecule has 0 aliphatic carbocycles. The van der Waals surface area contributed by atoms with E-state index in [9.17, 15) is 9.59 Å². The Labute approximate surface area is 222 Å². The molecule has 7 heteroatoms. The minimum Gasteiger partial charge on any atom is -0.451 e. The fraction of sp³-hybridized carbons (Fsp3) is 0.258. The standard InChI is InChI=1S/C31H31N3O4/c1-20(2)30(35)37-28(22-10-6-5-7-11-22)26-15-13-23(18-33-26)24-14-16-27(34-19-24)29(38-31(36)21(3)4)25-12-8-9-17-32-25/h5-21,28-29H,1-4H3. The summed E-state index contributed by atoms with van der Waals surface area (Å²) in [5.41, 5.74) is 4.37. The highest BCUT2D eigenvalue weighted by Crippen LogP contribution is 2.29. The van der Waals surface area contributed by atoms with Gasteiger partial charge in [0.1, 0.15) is 0 Å². The molecule has 194 valence electrons. The van der Waals surface area contributed by atoms with Crippen LogP contribution < -0.4 is 0 Å². The van der Waals surface area contributed by atoms with E-state index in [4.69, 9.17) is 9.47 Å². The summed E-state index contributed by atoms with van der Waals surface area (Å²) in [6, 6.07) is 22.5. The summed E-state index contributed by atoms with van der Waals surface area (Å²) in [6.45, 7) is 7.19. The van der Waals surface area contributed by atoms with E-state index >= 15 is 0 Å². The topological polar surface area (TPSA) is 91.3 Å². The number of esters is 2. The SMILES string of the molecule is CC(C)C(=O)OC(c1ccccc1)c1ccc(-c2ccc(C(OC(=O)C(C)C)c3ccccn3)nc2)cn1. The van der Waals surface area contributed by atoms with Gasteiger partial charge in [-0.1, -0.05) is 76.2 Å². The van der Waals surface area contributed by atoms with Crippen LogP contribution in [0.5, 0.6) is 0 Å². The molecule has 3 aromatic heterocycles. The van der Waals surface area contributed by atoms with Crippen molar-refractivity contribution in [3.8, 4) is 11.1 Å². The maximum atomic E-state index is 12.4. The smallest absolute Gasteiger partial charge is 0.309 e. The Bertz CT molecular complexity index is 1230. The van der Waals surface area contributed by atoms with Gasteiger partial charge in [-0.15, -0.1) is 0 Å². The number of aromatic nitrogens is 3. The molecule has 0 saturated heterocycles. The molecule has 0 bridgehead atoms. The summed E-state index contributed by atoms with van der Waals surface area (Å²) < 4.78 is 11.5. The fourth-order valence-electron chi connectivity index (χ4n) is 3.70. The van der Waals surface area contributed by atoms with Crippen LogP contribution >= 0.6 is 0 Å². The molecule has 2 unspecified atom stereocenters. The normalized spacial score (nSPS) is 12.7. The molecule has 0 spiro atoms. The second kappa shape index (κ2) is 12.2. The van der Waals surface area contributed by atoms with Crippen molar-refractivity contribution in [2.24, 2.45) is 11.8 Å². The van der Waals surface area contributed by atoms with Gasteiger partial charge in [0.2, 0.25) is 0 Å². The Balaban J connectivity index is 1.58. The van der Waals surface area contributed by atoms with Crippen molar-refractivity contribution in [2.75, 3.05) is 0 Å². The van der Waals surface area contributed by atoms with Gasteiger partial charge in [-0.3, -0.25) is 24.5 Å². The fourth-order valence-corrected chi connectivity index (χ4v) is 3.70. The van der Waals surface area contributed by atoms with Crippen molar-refractivity contribution in [3.63, 3.8) is 0 Å². The van der Waals surface area contributed by atoms with Gasteiger partial charge in [-0.25, -0.2) is 0 Å². The molecule has 38 heavy (non-hydrogen) atoms. The number of carbonyl (C=O) groups excluding carboxylic acids is 2. The van der Waals surface area contributed by atoms with E-state index in [1.54, 1.807) is 46.3 Å². The number of hydrogen-bond acceptors (Lipinski definition) is 7. The molecule has 3 heterocycles. The lowest BCUT2D eigenvalue weighted by Gasteiger charge is -2.20. The van der Waals surface area contributed by atoms with Gasteiger partial charge in [0.15, 0.2) is 12.2 Å². The maximum absolute atomic E-state index is 12.4. The lowest BCUT2D eigenvalue weighted by atomic mass is 10.0. The van der Waals surface area contributed by atoms with E-state index in [2.05, 4.69) is 15.0 Å². The summed E-state index contributed by atoms with van der Waals surface area (Å²) in [6.07, 6.45) is 3.81. The van der Waals surface area contributed by atoms with Crippen LogP contribution in [0.25, 0.3) is 11.1 Å². The van der Waals surface area contributed by atoms with Gasteiger partial charge >= 0.3 is 11.9 Å². The molecule has 7 nitrogen and oxygen atoms in total. The largest absolute Gasteiger partial charge is 0.451 e. The molecule has 0 aliphatic rings. The number of nitrogens with zero attached hydrogens (tertiary/aromatic N) is 3. The van der Waals surface area contributed by atoms with Crippen LogP contribution in [0.3, 0.4) is 0 Å². The van der Waals surface area contributed by atoms with Crippen LogP contribution in [-0.2, 0) is 19.1 Å². The molecule has 0 N–H and O–H groups in total. The number of carbonyl (C=O) groups is 2. The Morgan fingerprint density at radius 2 is 1.08 bits per heavy atom. The van der Waals surface area contributed by atoms with E-state index in [1.165, 1.54) is 0 Å². The molecule has 4 aromatic rings. The minimum atomic E-state index is -0.706. The van der Waals surface area contributed by atoms with E-state index in [-0.39, 0.29) is 23.8 Å². The molecule has 0 saturated carbocycles. The average molecular weight is 510 g/mol. The molecular formula is C31H31N3O4. The molecule has 0 amide bonds. The highest BCUT2D eigenvalue weighted by molar-refractivity contribution is 5.72. The molecule has 1 aromatic carbocycles. The Kier molecular flexibility index (Phi) is 8.58. The predicted molar refractivity (Wildman–Crippen MR) is 144 cm³/mol. The van der Waals surface area contributed by atoms with Crippen molar-refractivity contribution in [3.05, 3.63) is 114 Å². The molecule has 0 radical (unpaired) electrons. The monoisotopic (exact) mass is 509 g/mol. The van der Waals surface area contributed by atoms with Crippen molar-refractivity contribution in [2.45, 2.75) is 39.9 Å². The third-order valence-electron chi connectivity index (χ3n) is 5.91. The zero-order chi connectivity index (χ0) is 27.1. The lowest BCUT2D eigenvalue weighted by molar-refractivity contribution is -0.152. The van der Waals surface area contributed by atoms with Crippen molar-refractivity contribution >= 4 is 11.9 Å². The average Bonchev–Trinajstić information content (AvgIpc) is 2.95. The minimum absolute atomic E-state index is 0.250. The van der Waals surface area contributed by atoms with Crippen LogP contribution in [-0.4, -0.2) is 26.9 Å². The van der Waals surface area contributed by atoms with E-state index in [0.29, 0.717) is 17.1 Å². The van der Waals surface area contributed by atoms with Gasteiger partial charge in [0.05, 0.1) is 28.9 Å². The predicted octanol–water partition coefficient (Wildman–Crippen LogP) is 6.12. The van der Waals surface area contributed by atoms with E-state index in [1.807, 2.05) is 72.8 Å². The molecule has 2 atom stereocenters. The van der Waals surface area contributed by atoms with Crippen LogP contribution in [0.15, 0.2) is 91.4 Å². The maximum Gasteiger partial charge on any atom is 0.309 e. The van der Waals surface area contributed by atoms with Crippen LogP contribution in [0.2, 0.25) is 0 Å². The van der Waals surface area contributed by atoms with Crippen LogP contribution in [0.1, 0.15) is 62.5 Å². The first-order chi connectivity index (χ1) is 18.3. The van der Waals surface area contributed by atoms with E-state index < -0.39 is 12.2 Å². The second-order valence-electron chi connectivity index (χ2n) is 9.55. The summed E-state index contributed by atoms with van der Waals surface area (Å²) >= 11 is 0. The highest BCUT2D eigenvalue weighted by atomic mass is 16.5. The van der Waals surface area contributed by atoms with Crippen molar-refractivity contribution in [1.82, 2.24) is 15.0 Å². The van der Waals surface area contributed by atoms with E-state index in [0.717, 1.165) is 16.7 Å². The summed E-state index contributed by atoms with van der Waals surface area (Å²) in [7, 11) is 0. The summed E-state index contributed by atoms with van der Waals surface area (Å²) in [4.78, 5) is 38.3. The third-order valence-corrected chi connectivity index (χ3v) is 5.91. The van der Waals surface area contributed by atoms with Gasteiger partial charge in [0.25, 0.3) is 0 Å². The molecule has 0 fully saturated rings. The second-order valence-corrected chi connectivity index (χ2v) is 9.55. The van der Waals surface area contributed by atoms with Crippen LogP contribution in [0.4, 0.5) is 0 Å². The number of rotatable bonds is 9. The van der Waals surface area contributed by atoms with Gasteiger partial charge < -0.3 is 9.47 Å². The summed E-state index contributed by atoms with van der Waals surface area (Å²) in [5.74, 6) is -1.13. The first-order valence-corrected chi connectivity index (χ1v) is 12.6. The molecule has 4 rings (SSSR count). The zero-order valence-corrected chi connectivity index (χ0v) is 21.9. The van der Waals surface area contributed by atoms with Crippen molar-refractivity contribution in [1.29, 1.82) is 0 Å². The first kappa shape index (κ1) is 26.7.